The van der Waals surface area contributed by atoms with Gasteiger partial charge in [0.2, 0.25) is 0 Å². The quantitative estimate of drug-likeness (QED) is 0.158. The molecule has 0 saturated carbocycles. The van der Waals surface area contributed by atoms with Gasteiger partial charge in [0.15, 0.2) is 0 Å². The van der Waals surface area contributed by atoms with Gasteiger partial charge in [-0.15, -0.1) is 0 Å². The summed E-state index contributed by atoms with van der Waals surface area (Å²) >= 11 is 0. The van der Waals surface area contributed by atoms with Gasteiger partial charge in [-0.25, -0.2) is 0 Å². The molecule has 0 spiro atoms. The average molecular weight is 724 g/mol. The zero-order valence-corrected chi connectivity index (χ0v) is 31.3. The molecule has 1 aliphatic carbocycles. The van der Waals surface area contributed by atoms with E-state index >= 15 is 0 Å². The lowest BCUT2D eigenvalue weighted by Gasteiger charge is -2.28. The number of nitrogens with zero attached hydrogens (tertiary/aromatic N) is 1. The van der Waals surface area contributed by atoms with Gasteiger partial charge >= 0.3 is 0 Å². The van der Waals surface area contributed by atoms with E-state index in [1.54, 1.807) is 0 Å². The fourth-order valence-electron chi connectivity index (χ4n) is 8.67. The Morgan fingerprint density at radius 3 is 1.02 bits per heavy atom. The van der Waals surface area contributed by atoms with Crippen LogP contribution in [0.5, 0.6) is 0 Å². The Bertz CT molecular complexity index is 3020. The van der Waals surface area contributed by atoms with E-state index < -0.39 is 0 Å². The summed E-state index contributed by atoms with van der Waals surface area (Å²) in [4.78, 5) is 2.40. The fraction of sp³-hybridized carbons (Fsp3) is 0. The van der Waals surface area contributed by atoms with Crippen LogP contribution >= 0.6 is 0 Å². The minimum absolute atomic E-state index is 1.12. The van der Waals surface area contributed by atoms with E-state index in [4.69, 9.17) is 0 Å². The van der Waals surface area contributed by atoms with E-state index in [1.807, 2.05) is 0 Å². The van der Waals surface area contributed by atoms with E-state index in [0.29, 0.717) is 0 Å². The van der Waals surface area contributed by atoms with Crippen LogP contribution in [0.2, 0.25) is 0 Å². The number of fused-ring (bicyclic) bond motifs is 6. The number of para-hydroxylation sites is 1. The number of hydrogen-bond donors (Lipinski definition) is 0. The maximum atomic E-state index is 2.40. The van der Waals surface area contributed by atoms with Gasteiger partial charge in [0.05, 0.1) is 0 Å². The van der Waals surface area contributed by atoms with Gasteiger partial charge in [-0.05, 0) is 167 Å². The van der Waals surface area contributed by atoms with E-state index in [1.165, 1.54) is 88.3 Å². The van der Waals surface area contributed by atoms with Gasteiger partial charge in [0, 0.05) is 17.1 Å². The molecule has 1 nitrogen and oxygen atoms in total. The van der Waals surface area contributed by atoms with Crippen molar-refractivity contribution in [3.63, 3.8) is 0 Å². The van der Waals surface area contributed by atoms with Crippen LogP contribution in [0.25, 0.3) is 88.3 Å². The van der Waals surface area contributed by atoms with E-state index in [2.05, 4.69) is 229 Å². The Morgan fingerprint density at radius 1 is 0.193 bits per heavy atom. The molecule has 266 valence electrons. The van der Waals surface area contributed by atoms with Gasteiger partial charge in [-0.3, -0.25) is 0 Å². The molecule has 1 aliphatic rings. The van der Waals surface area contributed by atoms with Crippen molar-refractivity contribution in [2.24, 2.45) is 0 Å². The maximum absolute atomic E-state index is 2.40. The summed E-state index contributed by atoms with van der Waals surface area (Å²) in [5.41, 5.74) is 18.4. The molecule has 0 fully saturated rings. The van der Waals surface area contributed by atoms with Crippen molar-refractivity contribution >= 4 is 38.6 Å². The van der Waals surface area contributed by atoms with Crippen molar-refractivity contribution in [2.75, 3.05) is 4.90 Å². The number of benzene rings is 10. The Balaban J connectivity index is 1.04. The summed E-state index contributed by atoms with van der Waals surface area (Å²) in [6, 6.07) is 81.9. The summed E-state index contributed by atoms with van der Waals surface area (Å²) in [6.45, 7) is 0. The molecule has 0 unspecified atom stereocenters. The Morgan fingerprint density at radius 2 is 0.561 bits per heavy atom. The highest BCUT2D eigenvalue weighted by atomic mass is 15.1. The molecule has 0 saturated heterocycles. The SMILES string of the molecule is c1ccc(-c2cc(-c3ccccc3)cc(N(c3ccccc3)c3ccc4cc5c(cc4c3)-c3cc4cc(-c6ccccc6)c(-c6ccccc6)cc4cc3-5)c2)cc1. The van der Waals surface area contributed by atoms with E-state index in [9.17, 15) is 0 Å². The number of hydrogen-bond acceptors (Lipinski definition) is 1. The lowest BCUT2D eigenvalue weighted by Crippen LogP contribution is -2.10. The second-order valence-electron chi connectivity index (χ2n) is 15.0. The van der Waals surface area contributed by atoms with Crippen molar-refractivity contribution in [1.82, 2.24) is 0 Å². The fourth-order valence-corrected chi connectivity index (χ4v) is 8.67. The standard InChI is InChI=1S/C56H37N/c1-6-16-38(17-7-1)43-28-44(39-18-8-2-9-19-39)31-50(30-43)57(48-24-14-5-15-25-48)49-27-26-42-32-53-54(35-45(42)29-49)56-37-47-34-52(41-22-12-4-13-23-41)51(33-46(47)36-55(53)56)40-20-10-3-11-21-40/h1-37H. The molecule has 0 heterocycles. The number of rotatable bonds is 7. The molecule has 0 bridgehead atoms. The third-order valence-electron chi connectivity index (χ3n) is 11.5. The average Bonchev–Trinajstić information content (AvgIpc) is 3.29. The van der Waals surface area contributed by atoms with Crippen molar-refractivity contribution < 1.29 is 0 Å². The van der Waals surface area contributed by atoms with E-state index in [0.717, 1.165) is 17.1 Å². The molecule has 0 aliphatic heterocycles. The predicted octanol–water partition coefficient (Wildman–Crippen LogP) is 15.8. The highest BCUT2D eigenvalue weighted by Crippen LogP contribution is 2.52. The first kappa shape index (κ1) is 32.9. The van der Waals surface area contributed by atoms with Crippen molar-refractivity contribution in [3.05, 3.63) is 224 Å². The minimum atomic E-state index is 1.12. The van der Waals surface area contributed by atoms with Crippen LogP contribution in [0.4, 0.5) is 17.1 Å². The molecule has 1 heteroatoms. The smallest absolute Gasteiger partial charge is 0.0473 e. The molecule has 10 aromatic carbocycles. The number of anilines is 3. The van der Waals surface area contributed by atoms with Gasteiger partial charge < -0.3 is 4.90 Å². The zero-order valence-electron chi connectivity index (χ0n) is 31.3. The van der Waals surface area contributed by atoms with E-state index in [-0.39, 0.29) is 0 Å². The molecular formula is C56H37N. The highest BCUT2D eigenvalue weighted by Gasteiger charge is 2.25. The van der Waals surface area contributed by atoms with Crippen molar-refractivity contribution in [3.8, 4) is 66.8 Å². The van der Waals surface area contributed by atoms with Crippen molar-refractivity contribution in [2.45, 2.75) is 0 Å². The second kappa shape index (κ2) is 13.7. The lowest BCUT2D eigenvalue weighted by molar-refractivity contribution is 1.29. The third-order valence-corrected chi connectivity index (χ3v) is 11.5. The van der Waals surface area contributed by atoms with Crippen molar-refractivity contribution in [1.29, 1.82) is 0 Å². The third kappa shape index (κ3) is 5.89. The molecule has 0 N–H and O–H groups in total. The first-order valence-corrected chi connectivity index (χ1v) is 19.7. The molecule has 0 amide bonds. The van der Waals surface area contributed by atoms with Crippen LogP contribution in [0.3, 0.4) is 0 Å². The van der Waals surface area contributed by atoms with Crippen LogP contribution in [-0.2, 0) is 0 Å². The highest BCUT2D eigenvalue weighted by molar-refractivity contribution is 6.13. The van der Waals surface area contributed by atoms with Gasteiger partial charge in [0.25, 0.3) is 0 Å². The molecule has 57 heavy (non-hydrogen) atoms. The first-order chi connectivity index (χ1) is 28.2. The van der Waals surface area contributed by atoms with Gasteiger partial charge in [0.1, 0.15) is 0 Å². The Hall–Kier alpha value is -7.48. The first-order valence-electron chi connectivity index (χ1n) is 19.7. The zero-order chi connectivity index (χ0) is 37.7. The predicted molar refractivity (Wildman–Crippen MR) is 242 cm³/mol. The molecule has 0 aromatic heterocycles. The second-order valence-corrected chi connectivity index (χ2v) is 15.0. The summed E-state index contributed by atoms with van der Waals surface area (Å²) in [6.07, 6.45) is 0. The molecular weight excluding hydrogens is 687 g/mol. The van der Waals surface area contributed by atoms with Crippen LogP contribution in [0, 0.1) is 0 Å². The Labute approximate surface area is 333 Å². The van der Waals surface area contributed by atoms with Gasteiger partial charge in [-0.1, -0.05) is 146 Å². The van der Waals surface area contributed by atoms with Crippen LogP contribution in [0.1, 0.15) is 0 Å². The van der Waals surface area contributed by atoms with Crippen LogP contribution < -0.4 is 4.90 Å². The topological polar surface area (TPSA) is 3.24 Å². The monoisotopic (exact) mass is 723 g/mol. The summed E-state index contributed by atoms with van der Waals surface area (Å²) in [5.74, 6) is 0. The summed E-state index contributed by atoms with van der Waals surface area (Å²) in [7, 11) is 0. The maximum Gasteiger partial charge on any atom is 0.0473 e. The normalized spacial score (nSPS) is 11.5. The molecule has 10 aromatic rings. The van der Waals surface area contributed by atoms with Crippen LogP contribution in [-0.4, -0.2) is 0 Å². The molecule has 0 atom stereocenters. The lowest BCUT2D eigenvalue weighted by atomic mass is 9.77. The molecule has 11 rings (SSSR count). The van der Waals surface area contributed by atoms with Gasteiger partial charge in [-0.2, -0.15) is 0 Å². The summed E-state index contributed by atoms with van der Waals surface area (Å²) < 4.78 is 0. The van der Waals surface area contributed by atoms with Crippen LogP contribution in [0.15, 0.2) is 224 Å². The largest absolute Gasteiger partial charge is 0.310 e. The molecule has 0 radical (unpaired) electrons. The summed E-state index contributed by atoms with van der Waals surface area (Å²) in [5, 5.41) is 4.99. The Kier molecular flexibility index (Phi) is 7.89. The minimum Gasteiger partial charge on any atom is -0.310 e.